The van der Waals surface area contributed by atoms with Crippen molar-refractivity contribution in [3.8, 4) is 0 Å². The number of nitrogens with one attached hydrogen (secondary N) is 2. The lowest BCUT2D eigenvalue weighted by Crippen LogP contribution is -2.50. The molecule has 3 atom stereocenters. The molecule has 0 aromatic rings. The lowest BCUT2D eigenvalue weighted by Gasteiger charge is -2.32. The molecule has 3 unspecified atom stereocenters. The van der Waals surface area contributed by atoms with Gasteiger partial charge in [0.2, 0.25) is 5.91 Å². The van der Waals surface area contributed by atoms with Crippen molar-refractivity contribution in [2.45, 2.75) is 65.0 Å². The Morgan fingerprint density at radius 2 is 2.06 bits per heavy atom. The van der Waals surface area contributed by atoms with E-state index in [9.17, 15) is 4.79 Å². The van der Waals surface area contributed by atoms with Crippen LogP contribution >= 0.6 is 0 Å². The molecular formula is C14H26N2O. The SMILES string of the molecule is CC1CCC(NC(=O)C2CCCC2(C)C)CN1. The molecule has 0 aromatic carbocycles. The van der Waals surface area contributed by atoms with Crippen LogP contribution in [0.5, 0.6) is 0 Å². The van der Waals surface area contributed by atoms with Gasteiger partial charge in [0.15, 0.2) is 0 Å². The molecule has 2 N–H and O–H groups in total. The van der Waals surface area contributed by atoms with Crippen molar-refractivity contribution < 1.29 is 4.79 Å². The monoisotopic (exact) mass is 238 g/mol. The first-order valence-electron chi connectivity index (χ1n) is 7.03. The van der Waals surface area contributed by atoms with Gasteiger partial charge in [0.1, 0.15) is 0 Å². The Kier molecular flexibility index (Phi) is 3.76. The molecule has 2 rings (SSSR count). The van der Waals surface area contributed by atoms with Gasteiger partial charge < -0.3 is 10.6 Å². The van der Waals surface area contributed by atoms with Gasteiger partial charge in [0.05, 0.1) is 0 Å². The van der Waals surface area contributed by atoms with E-state index < -0.39 is 0 Å². The third-order valence-electron chi connectivity index (χ3n) is 4.58. The van der Waals surface area contributed by atoms with E-state index in [1.165, 1.54) is 19.3 Å². The highest BCUT2D eigenvalue weighted by Crippen LogP contribution is 2.42. The summed E-state index contributed by atoms with van der Waals surface area (Å²) in [6.45, 7) is 7.59. The number of carbonyl (C=O) groups excluding carboxylic acids is 1. The second-order valence-electron chi connectivity index (χ2n) is 6.53. The Bertz CT molecular complexity index is 280. The summed E-state index contributed by atoms with van der Waals surface area (Å²) in [5, 5.41) is 6.67. The molecule has 0 spiro atoms. The predicted molar refractivity (Wildman–Crippen MR) is 69.8 cm³/mol. The van der Waals surface area contributed by atoms with Gasteiger partial charge in [-0.25, -0.2) is 0 Å². The van der Waals surface area contributed by atoms with Crippen molar-refractivity contribution in [3.05, 3.63) is 0 Å². The quantitative estimate of drug-likeness (QED) is 0.773. The highest BCUT2D eigenvalue weighted by molar-refractivity contribution is 5.80. The van der Waals surface area contributed by atoms with Gasteiger partial charge in [-0.1, -0.05) is 20.3 Å². The number of amides is 1. The van der Waals surface area contributed by atoms with Crippen LogP contribution in [-0.4, -0.2) is 24.5 Å². The van der Waals surface area contributed by atoms with E-state index in [1.54, 1.807) is 0 Å². The van der Waals surface area contributed by atoms with E-state index in [4.69, 9.17) is 0 Å². The Morgan fingerprint density at radius 1 is 1.29 bits per heavy atom. The van der Waals surface area contributed by atoms with Crippen LogP contribution in [0.25, 0.3) is 0 Å². The van der Waals surface area contributed by atoms with Gasteiger partial charge in [0.25, 0.3) is 0 Å². The third kappa shape index (κ3) is 3.01. The fourth-order valence-corrected chi connectivity index (χ4v) is 3.24. The molecule has 1 aliphatic heterocycles. The lowest BCUT2D eigenvalue weighted by atomic mass is 9.81. The minimum atomic E-state index is 0.194. The van der Waals surface area contributed by atoms with E-state index in [0.29, 0.717) is 12.1 Å². The van der Waals surface area contributed by atoms with Crippen molar-refractivity contribution in [3.63, 3.8) is 0 Å². The zero-order valence-corrected chi connectivity index (χ0v) is 11.4. The molecule has 98 valence electrons. The first kappa shape index (κ1) is 12.9. The summed E-state index contributed by atoms with van der Waals surface area (Å²) in [7, 11) is 0. The Morgan fingerprint density at radius 3 is 2.59 bits per heavy atom. The molecule has 2 aliphatic rings. The van der Waals surface area contributed by atoms with Crippen molar-refractivity contribution >= 4 is 5.91 Å². The molecule has 0 aromatic heterocycles. The molecule has 2 fully saturated rings. The molecule has 0 radical (unpaired) electrons. The van der Waals surface area contributed by atoms with Gasteiger partial charge in [0, 0.05) is 24.5 Å². The number of rotatable bonds is 2. The van der Waals surface area contributed by atoms with Gasteiger partial charge in [-0.15, -0.1) is 0 Å². The summed E-state index contributed by atoms with van der Waals surface area (Å²) < 4.78 is 0. The summed E-state index contributed by atoms with van der Waals surface area (Å²) in [6.07, 6.45) is 5.73. The van der Waals surface area contributed by atoms with E-state index in [-0.39, 0.29) is 17.2 Å². The number of hydrogen-bond donors (Lipinski definition) is 2. The second-order valence-corrected chi connectivity index (χ2v) is 6.53. The maximum Gasteiger partial charge on any atom is 0.223 e. The van der Waals surface area contributed by atoms with Crippen LogP contribution < -0.4 is 10.6 Å². The van der Waals surface area contributed by atoms with Crippen LogP contribution in [0.3, 0.4) is 0 Å². The molecule has 1 saturated carbocycles. The van der Waals surface area contributed by atoms with E-state index >= 15 is 0 Å². The molecule has 1 aliphatic carbocycles. The predicted octanol–water partition coefficient (Wildman–Crippen LogP) is 2.07. The number of piperidine rings is 1. The molecule has 3 heteroatoms. The molecule has 17 heavy (non-hydrogen) atoms. The van der Waals surface area contributed by atoms with Crippen molar-refractivity contribution in [2.75, 3.05) is 6.54 Å². The molecule has 1 amide bonds. The Balaban J connectivity index is 1.85. The van der Waals surface area contributed by atoms with Gasteiger partial charge in [-0.3, -0.25) is 4.79 Å². The van der Waals surface area contributed by atoms with Crippen LogP contribution in [0.4, 0.5) is 0 Å². The van der Waals surface area contributed by atoms with Crippen LogP contribution in [0.1, 0.15) is 52.9 Å². The zero-order valence-electron chi connectivity index (χ0n) is 11.4. The molecule has 0 bridgehead atoms. The maximum atomic E-state index is 12.3. The van der Waals surface area contributed by atoms with Crippen LogP contribution in [0.15, 0.2) is 0 Å². The smallest absolute Gasteiger partial charge is 0.223 e. The van der Waals surface area contributed by atoms with Gasteiger partial charge >= 0.3 is 0 Å². The Hall–Kier alpha value is -0.570. The first-order chi connectivity index (χ1) is 7.99. The molecule has 1 saturated heterocycles. The molecule has 3 nitrogen and oxygen atoms in total. The maximum absolute atomic E-state index is 12.3. The number of hydrogen-bond acceptors (Lipinski definition) is 2. The zero-order chi connectivity index (χ0) is 12.5. The molecule has 1 heterocycles. The second kappa shape index (κ2) is 4.97. The normalized spacial score (nSPS) is 36.8. The van der Waals surface area contributed by atoms with Crippen LogP contribution in [0, 0.1) is 11.3 Å². The highest BCUT2D eigenvalue weighted by Gasteiger charge is 2.39. The summed E-state index contributed by atoms with van der Waals surface area (Å²) in [5.74, 6) is 0.510. The standard InChI is InChI=1S/C14H26N2O/c1-10-6-7-11(9-15-10)16-13(17)12-5-4-8-14(12,2)3/h10-12,15H,4-9H2,1-3H3,(H,16,17). The van der Waals surface area contributed by atoms with E-state index in [2.05, 4.69) is 31.4 Å². The minimum Gasteiger partial charge on any atom is -0.352 e. The summed E-state index contributed by atoms with van der Waals surface area (Å²) in [6, 6.07) is 0.946. The van der Waals surface area contributed by atoms with E-state index in [1.807, 2.05) is 0 Å². The summed E-state index contributed by atoms with van der Waals surface area (Å²) in [4.78, 5) is 12.3. The Labute approximate surface area is 105 Å². The van der Waals surface area contributed by atoms with Crippen LogP contribution in [-0.2, 0) is 4.79 Å². The fraction of sp³-hybridized carbons (Fsp3) is 0.929. The lowest BCUT2D eigenvalue weighted by molar-refractivity contribution is -0.128. The summed E-state index contributed by atoms with van der Waals surface area (Å²) >= 11 is 0. The van der Waals surface area contributed by atoms with Gasteiger partial charge in [-0.05, 0) is 38.0 Å². The highest BCUT2D eigenvalue weighted by atomic mass is 16.2. The average molecular weight is 238 g/mol. The summed E-state index contributed by atoms with van der Waals surface area (Å²) in [5.41, 5.74) is 0.194. The minimum absolute atomic E-state index is 0.194. The largest absolute Gasteiger partial charge is 0.352 e. The average Bonchev–Trinajstić information content (AvgIpc) is 2.61. The number of carbonyl (C=O) groups is 1. The fourth-order valence-electron chi connectivity index (χ4n) is 3.24. The topological polar surface area (TPSA) is 41.1 Å². The first-order valence-corrected chi connectivity index (χ1v) is 7.03. The van der Waals surface area contributed by atoms with Crippen molar-refractivity contribution in [1.29, 1.82) is 0 Å². The third-order valence-corrected chi connectivity index (χ3v) is 4.58. The van der Waals surface area contributed by atoms with Crippen LogP contribution in [0.2, 0.25) is 0 Å². The van der Waals surface area contributed by atoms with Crippen molar-refractivity contribution in [2.24, 2.45) is 11.3 Å². The molecular weight excluding hydrogens is 212 g/mol. The van der Waals surface area contributed by atoms with Crippen molar-refractivity contribution in [1.82, 2.24) is 10.6 Å². The van der Waals surface area contributed by atoms with E-state index in [0.717, 1.165) is 19.4 Å². The van der Waals surface area contributed by atoms with Gasteiger partial charge in [-0.2, -0.15) is 0 Å².